The van der Waals surface area contributed by atoms with Crippen LogP contribution in [-0.4, -0.2) is 14.7 Å². The Balaban J connectivity index is 2.32. The van der Waals surface area contributed by atoms with Crippen LogP contribution in [0.5, 0.6) is 0 Å². The van der Waals surface area contributed by atoms with Gasteiger partial charge < -0.3 is 0 Å². The van der Waals surface area contributed by atoms with Crippen molar-refractivity contribution in [2.75, 3.05) is 6.26 Å². The minimum absolute atomic E-state index is 0.363. The zero-order valence-corrected chi connectivity index (χ0v) is 9.05. The molecule has 1 aromatic carbocycles. The maximum absolute atomic E-state index is 13.0. The lowest BCUT2D eigenvalue weighted by Gasteiger charge is -2.10. The topological polar surface area (TPSA) is 43.4 Å². The fourth-order valence-corrected chi connectivity index (χ4v) is 2.47. The van der Waals surface area contributed by atoms with Gasteiger partial charge in [-0.3, -0.25) is 4.18 Å². The van der Waals surface area contributed by atoms with Crippen molar-refractivity contribution in [2.45, 2.75) is 18.9 Å². The summed E-state index contributed by atoms with van der Waals surface area (Å²) in [6, 6.07) is 4.40. The van der Waals surface area contributed by atoms with E-state index in [2.05, 4.69) is 0 Å². The summed E-state index contributed by atoms with van der Waals surface area (Å²) < 4.78 is 39.8. The Kier molecular flexibility index (Phi) is 2.52. The monoisotopic (exact) mass is 230 g/mol. The van der Waals surface area contributed by atoms with E-state index in [1.54, 1.807) is 6.07 Å². The SMILES string of the molecule is CS(=O)(=O)OC1CCc2ccc(F)cc21. The number of benzene rings is 1. The van der Waals surface area contributed by atoms with Gasteiger partial charge in [0.25, 0.3) is 10.1 Å². The summed E-state index contributed by atoms with van der Waals surface area (Å²) in [4.78, 5) is 0. The van der Waals surface area contributed by atoms with Gasteiger partial charge in [0.2, 0.25) is 0 Å². The Bertz CT molecular complexity index is 481. The van der Waals surface area contributed by atoms with Gasteiger partial charge in [0.15, 0.2) is 0 Å². The highest BCUT2D eigenvalue weighted by atomic mass is 32.2. The van der Waals surface area contributed by atoms with Crippen molar-refractivity contribution in [3.63, 3.8) is 0 Å². The molecule has 1 unspecified atom stereocenters. The Morgan fingerprint density at radius 1 is 1.47 bits per heavy atom. The third-order valence-corrected chi connectivity index (χ3v) is 3.00. The summed E-state index contributed by atoms with van der Waals surface area (Å²) in [6.45, 7) is 0. The molecule has 15 heavy (non-hydrogen) atoms. The maximum atomic E-state index is 13.0. The van der Waals surface area contributed by atoms with Crippen LogP contribution >= 0.6 is 0 Å². The predicted octanol–water partition coefficient (Wildman–Crippen LogP) is 1.79. The Labute approximate surface area is 88.0 Å². The summed E-state index contributed by atoms with van der Waals surface area (Å²) in [5.41, 5.74) is 1.62. The molecule has 1 aromatic rings. The molecule has 1 atom stereocenters. The molecule has 2 rings (SSSR count). The molecule has 0 radical (unpaired) electrons. The maximum Gasteiger partial charge on any atom is 0.264 e. The molecule has 82 valence electrons. The normalized spacial score (nSPS) is 20.3. The molecule has 5 heteroatoms. The highest BCUT2D eigenvalue weighted by molar-refractivity contribution is 7.86. The zero-order chi connectivity index (χ0) is 11.1. The van der Waals surface area contributed by atoms with Crippen molar-refractivity contribution in [3.05, 3.63) is 35.1 Å². The number of halogens is 1. The third-order valence-electron chi connectivity index (χ3n) is 2.42. The largest absolute Gasteiger partial charge is 0.264 e. The van der Waals surface area contributed by atoms with E-state index in [0.29, 0.717) is 12.0 Å². The molecular formula is C10H11FO3S. The van der Waals surface area contributed by atoms with Gasteiger partial charge in [-0.2, -0.15) is 8.42 Å². The molecule has 0 fully saturated rings. The highest BCUT2D eigenvalue weighted by Gasteiger charge is 2.26. The number of hydrogen-bond donors (Lipinski definition) is 0. The number of fused-ring (bicyclic) bond motifs is 1. The van der Waals surface area contributed by atoms with Crippen molar-refractivity contribution in [1.82, 2.24) is 0 Å². The Hall–Kier alpha value is -0.940. The minimum Gasteiger partial charge on any atom is -0.262 e. The van der Waals surface area contributed by atoms with E-state index in [4.69, 9.17) is 4.18 Å². The van der Waals surface area contributed by atoms with Gasteiger partial charge in [-0.25, -0.2) is 4.39 Å². The Morgan fingerprint density at radius 2 is 2.20 bits per heavy atom. The highest BCUT2D eigenvalue weighted by Crippen LogP contribution is 2.35. The summed E-state index contributed by atoms with van der Waals surface area (Å²) >= 11 is 0. The summed E-state index contributed by atoms with van der Waals surface area (Å²) in [5.74, 6) is -0.363. The molecule has 0 heterocycles. The summed E-state index contributed by atoms with van der Waals surface area (Å²) in [7, 11) is -3.49. The van der Waals surface area contributed by atoms with Gasteiger partial charge in [-0.05, 0) is 36.1 Å². The molecule has 0 spiro atoms. The first kappa shape index (κ1) is 10.6. The van der Waals surface area contributed by atoms with Crippen LogP contribution in [0, 0.1) is 5.82 Å². The van der Waals surface area contributed by atoms with E-state index in [1.807, 2.05) is 0 Å². The van der Waals surface area contributed by atoms with Gasteiger partial charge in [-0.1, -0.05) is 6.07 Å². The molecule has 0 bridgehead atoms. The van der Waals surface area contributed by atoms with Gasteiger partial charge in [0.05, 0.1) is 6.26 Å². The molecule has 3 nitrogen and oxygen atoms in total. The van der Waals surface area contributed by atoms with E-state index < -0.39 is 16.2 Å². The van der Waals surface area contributed by atoms with Gasteiger partial charge in [0, 0.05) is 0 Å². The van der Waals surface area contributed by atoms with Crippen LogP contribution in [0.15, 0.2) is 18.2 Å². The van der Waals surface area contributed by atoms with Crippen LogP contribution in [0.3, 0.4) is 0 Å². The molecular weight excluding hydrogens is 219 g/mol. The van der Waals surface area contributed by atoms with Gasteiger partial charge in [-0.15, -0.1) is 0 Å². The van der Waals surface area contributed by atoms with Crippen molar-refractivity contribution < 1.29 is 17.0 Å². The van der Waals surface area contributed by atoms with E-state index in [-0.39, 0.29) is 5.82 Å². The second kappa shape index (κ2) is 3.57. The molecule has 1 aliphatic carbocycles. The first-order valence-electron chi connectivity index (χ1n) is 4.62. The zero-order valence-electron chi connectivity index (χ0n) is 8.23. The van der Waals surface area contributed by atoms with Crippen LogP contribution in [0.2, 0.25) is 0 Å². The molecule has 0 saturated heterocycles. The van der Waals surface area contributed by atoms with Gasteiger partial charge in [0.1, 0.15) is 11.9 Å². The number of aryl methyl sites for hydroxylation is 1. The van der Waals surface area contributed by atoms with Crippen molar-refractivity contribution in [1.29, 1.82) is 0 Å². The van der Waals surface area contributed by atoms with E-state index in [9.17, 15) is 12.8 Å². The Morgan fingerprint density at radius 3 is 2.87 bits per heavy atom. The standard InChI is InChI=1S/C10H11FO3S/c1-15(12,13)14-10-5-3-7-2-4-8(11)6-9(7)10/h2,4,6,10H,3,5H2,1H3. The molecule has 0 aliphatic heterocycles. The van der Waals surface area contributed by atoms with E-state index in [1.165, 1.54) is 12.1 Å². The molecule has 1 aliphatic rings. The van der Waals surface area contributed by atoms with E-state index in [0.717, 1.165) is 18.2 Å². The quantitative estimate of drug-likeness (QED) is 0.727. The van der Waals surface area contributed by atoms with Crippen molar-refractivity contribution in [2.24, 2.45) is 0 Å². The van der Waals surface area contributed by atoms with E-state index >= 15 is 0 Å². The lowest BCUT2D eigenvalue weighted by Crippen LogP contribution is -2.07. The smallest absolute Gasteiger partial charge is 0.262 e. The molecule has 0 aromatic heterocycles. The predicted molar refractivity (Wildman–Crippen MR) is 53.4 cm³/mol. The van der Waals surface area contributed by atoms with Crippen LogP contribution in [0.1, 0.15) is 23.7 Å². The number of rotatable bonds is 2. The fourth-order valence-electron chi connectivity index (χ4n) is 1.85. The third kappa shape index (κ3) is 2.35. The first-order valence-corrected chi connectivity index (χ1v) is 6.44. The number of hydrogen-bond acceptors (Lipinski definition) is 3. The lowest BCUT2D eigenvalue weighted by atomic mass is 10.1. The van der Waals surface area contributed by atoms with Crippen LogP contribution in [-0.2, 0) is 20.7 Å². The minimum atomic E-state index is -3.49. The second-order valence-electron chi connectivity index (χ2n) is 3.67. The summed E-state index contributed by atoms with van der Waals surface area (Å²) in [6.07, 6.45) is 1.80. The van der Waals surface area contributed by atoms with Crippen LogP contribution < -0.4 is 0 Å². The average Bonchev–Trinajstić information content (AvgIpc) is 2.46. The average molecular weight is 230 g/mol. The van der Waals surface area contributed by atoms with Gasteiger partial charge >= 0.3 is 0 Å². The molecule has 0 N–H and O–H groups in total. The fraction of sp³-hybridized carbons (Fsp3) is 0.400. The van der Waals surface area contributed by atoms with Crippen LogP contribution in [0.25, 0.3) is 0 Å². The first-order chi connectivity index (χ1) is 6.96. The summed E-state index contributed by atoms with van der Waals surface area (Å²) in [5, 5.41) is 0. The van der Waals surface area contributed by atoms with Crippen molar-refractivity contribution >= 4 is 10.1 Å². The van der Waals surface area contributed by atoms with Crippen LogP contribution in [0.4, 0.5) is 4.39 Å². The second-order valence-corrected chi connectivity index (χ2v) is 5.27. The molecule has 0 saturated carbocycles. The lowest BCUT2D eigenvalue weighted by molar-refractivity contribution is 0.217. The molecule has 0 amide bonds. The van der Waals surface area contributed by atoms with Crippen molar-refractivity contribution in [3.8, 4) is 0 Å².